The van der Waals surface area contributed by atoms with E-state index in [0.717, 1.165) is 12.8 Å². The van der Waals surface area contributed by atoms with E-state index in [-0.39, 0.29) is 18.9 Å². The molecule has 1 heterocycles. The highest BCUT2D eigenvalue weighted by Crippen LogP contribution is 2.41. The van der Waals surface area contributed by atoms with Crippen LogP contribution in [0.2, 0.25) is 0 Å². The van der Waals surface area contributed by atoms with Crippen molar-refractivity contribution >= 4 is 11.9 Å². The molecule has 2 fully saturated rings. The molecule has 1 spiro atoms. The number of amides is 3. The van der Waals surface area contributed by atoms with Gasteiger partial charge in [0.15, 0.2) is 0 Å². The van der Waals surface area contributed by atoms with E-state index in [9.17, 15) is 14.9 Å². The van der Waals surface area contributed by atoms with Gasteiger partial charge in [-0.3, -0.25) is 9.69 Å². The maximum absolute atomic E-state index is 12.9. The SMILES string of the molecule is N#CCC[C@@H](C#N)CN1C(=O)NC2(CCC(c3ccccc3)CC2)C1=O. The lowest BCUT2D eigenvalue weighted by Crippen LogP contribution is -2.49. The van der Waals surface area contributed by atoms with Crippen molar-refractivity contribution in [2.24, 2.45) is 5.92 Å². The first-order chi connectivity index (χ1) is 12.6. The van der Waals surface area contributed by atoms with Crippen LogP contribution in [0.5, 0.6) is 0 Å². The van der Waals surface area contributed by atoms with Crippen LogP contribution in [0, 0.1) is 28.6 Å². The van der Waals surface area contributed by atoms with E-state index in [2.05, 4.69) is 23.5 Å². The van der Waals surface area contributed by atoms with Gasteiger partial charge in [-0.25, -0.2) is 4.79 Å². The molecule has 6 heteroatoms. The van der Waals surface area contributed by atoms with Gasteiger partial charge in [0.05, 0.1) is 18.1 Å². The molecule has 0 radical (unpaired) electrons. The van der Waals surface area contributed by atoms with Crippen molar-refractivity contribution in [3.05, 3.63) is 35.9 Å². The molecule has 26 heavy (non-hydrogen) atoms. The third-order valence-corrected chi connectivity index (χ3v) is 5.55. The first-order valence-electron chi connectivity index (χ1n) is 9.05. The van der Waals surface area contributed by atoms with Crippen LogP contribution in [-0.2, 0) is 4.79 Å². The van der Waals surface area contributed by atoms with Crippen molar-refractivity contribution in [3.8, 4) is 12.1 Å². The second-order valence-corrected chi connectivity index (χ2v) is 7.14. The van der Waals surface area contributed by atoms with Gasteiger partial charge < -0.3 is 5.32 Å². The van der Waals surface area contributed by atoms with Gasteiger partial charge in [-0.05, 0) is 43.6 Å². The lowest BCUT2D eigenvalue weighted by molar-refractivity contribution is -0.132. The van der Waals surface area contributed by atoms with Gasteiger partial charge >= 0.3 is 6.03 Å². The van der Waals surface area contributed by atoms with Gasteiger partial charge in [0.2, 0.25) is 0 Å². The summed E-state index contributed by atoms with van der Waals surface area (Å²) in [4.78, 5) is 26.5. The summed E-state index contributed by atoms with van der Waals surface area (Å²) in [5, 5.41) is 20.8. The lowest BCUT2D eigenvalue weighted by atomic mass is 9.74. The van der Waals surface area contributed by atoms with E-state index >= 15 is 0 Å². The predicted octanol–water partition coefficient (Wildman–Crippen LogP) is 3.08. The van der Waals surface area contributed by atoms with Crippen LogP contribution in [0.15, 0.2) is 30.3 Å². The van der Waals surface area contributed by atoms with Crippen LogP contribution in [-0.4, -0.2) is 28.9 Å². The molecule has 6 nitrogen and oxygen atoms in total. The van der Waals surface area contributed by atoms with Gasteiger partial charge in [-0.2, -0.15) is 10.5 Å². The number of rotatable bonds is 5. The monoisotopic (exact) mass is 350 g/mol. The fourth-order valence-corrected chi connectivity index (χ4v) is 4.01. The number of imide groups is 1. The summed E-state index contributed by atoms with van der Waals surface area (Å²) < 4.78 is 0. The van der Waals surface area contributed by atoms with Crippen molar-refractivity contribution in [2.45, 2.75) is 50.0 Å². The highest BCUT2D eigenvalue weighted by Gasteiger charge is 2.52. The molecule has 1 aromatic rings. The number of urea groups is 1. The lowest BCUT2D eigenvalue weighted by Gasteiger charge is -2.35. The quantitative estimate of drug-likeness (QED) is 0.825. The van der Waals surface area contributed by atoms with Crippen molar-refractivity contribution in [3.63, 3.8) is 0 Å². The van der Waals surface area contributed by atoms with Crippen LogP contribution >= 0.6 is 0 Å². The summed E-state index contributed by atoms with van der Waals surface area (Å²) in [6.07, 6.45) is 3.53. The van der Waals surface area contributed by atoms with E-state index in [4.69, 9.17) is 5.26 Å². The summed E-state index contributed by atoms with van der Waals surface area (Å²) in [5.41, 5.74) is 0.453. The number of nitriles is 2. The molecule has 0 unspecified atom stereocenters. The Labute approximate surface area is 153 Å². The van der Waals surface area contributed by atoms with Crippen LogP contribution in [0.1, 0.15) is 50.0 Å². The van der Waals surface area contributed by atoms with E-state index in [1.165, 1.54) is 10.5 Å². The Hall–Kier alpha value is -2.86. The molecule has 1 saturated heterocycles. The summed E-state index contributed by atoms with van der Waals surface area (Å²) in [7, 11) is 0. The number of hydrogen-bond acceptors (Lipinski definition) is 4. The second kappa shape index (κ2) is 7.58. The first-order valence-corrected chi connectivity index (χ1v) is 9.05. The smallest absolute Gasteiger partial charge is 0.323 e. The Morgan fingerprint density at radius 1 is 1.19 bits per heavy atom. The Kier molecular flexibility index (Phi) is 5.23. The maximum atomic E-state index is 12.9. The molecule has 2 aliphatic rings. The molecule has 0 aromatic heterocycles. The molecule has 1 atom stereocenters. The van der Waals surface area contributed by atoms with Crippen LogP contribution < -0.4 is 5.32 Å². The second-order valence-electron chi connectivity index (χ2n) is 7.14. The van der Waals surface area contributed by atoms with E-state index in [1.54, 1.807) is 0 Å². The summed E-state index contributed by atoms with van der Waals surface area (Å²) in [5.74, 6) is -0.311. The molecule has 3 rings (SSSR count). The molecular formula is C20H22N4O2. The van der Waals surface area contributed by atoms with Crippen molar-refractivity contribution in [1.29, 1.82) is 10.5 Å². The summed E-state index contributed by atoms with van der Waals surface area (Å²) in [6.45, 7) is 0.0622. The minimum absolute atomic E-state index is 0.0622. The van der Waals surface area contributed by atoms with Gasteiger partial charge in [-0.1, -0.05) is 30.3 Å². The number of nitrogens with zero attached hydrogens (tertiary/aromatic N) is 3. The van der Waals surface area contributed by atoms with Crippen LogP contribution in [0.25, 0.3) is 0 Å². The van der Waals surface area contributed by atoms with Gasteiger partial charge in [0.1, 0.15) is 5.54 Å². The molecule has 1 N–H and O–H groups in total. The molecule has 0 bridgehead atoms. The molecule has 3 amide bonds. The van der Waals surface area contributed by atoms with Gasteiger partial charge in [-0.15, -0.1) is 0 Å². The van der Waals surface area contributed by atoms with Crippen molar-refractivity contribution in [2.75, 3.05) is 6.54 Å². The number of carbonyl (C=O) groups is 2. The third kappa shape index (κ3) is 3.41. The average molecular weight is 350 g/mol. The fourth-order valence-electron chi connectivity index (χ4n) is 4.01. The van der Waals surface area contributed by atoms with Crippen LogP contribution in [0.4, 0.5) is 4.79 Å². The number of hydrogen-bond donors (Lipinski definition) is 1. The zero-order valence-corrected chi connectivity index (χ0v) is 14.6. The largest absolute Gasteiger partial charge is 0.325 e. The number of nitrogens with one attached hydrogen (secondary N) is 1. The molecule has 1 aliphatic heterocycles. The average Bonchev–Trinajstić information content (AvgIpc) is 2.90. The Morgan fingerprint density at radius 3 is 2.50 bits per heavy atom. The van der Waals surface area contributed by atoms with Crippen LogP contribution in [0.3, 0.4) is 0 Å². The van der Waals surface area contributed by atoms with Gasteiger partial charge in [0.25, 0.3) is 5.91 Å². The third-order valence-electron chi connectivity index (χ3n) is 5.55. The Bertz CT molecular complexity index is 754. The molecular weight excluding hydrogens is 328 g/mol. The van der Waals surface area contributed by atoms with Gasteiger partial charge in [0, 0.05) is 13.0 Å². The van der Waals surface area contributed by atoms with E-state index in [1.807, 2.05) is 24.3 Å². The highest BCUT2D eigenvalue weighted by atomic mass is 16.2. The molecule has 1 saturated carbocycles. The normalized spacial score (nSPS) is 26.2. The fraction of sp³-hybridized carbons (Fsp3) is 0.500. The molecule has 134 valence electrons. The topological polar surface area (TPSA) is 97.0 Å². The Balaban J connectivity index is 1.66. The zero-order valence-electron chi connectivity index (χ0n) is 14.6. The summed E-state index contributed by atoms with van der Waals surface area (Å²) in [6, 6.07) is 13.9. The maximum Gasteiger partial charge on any atom is 0.325 e. The minimum atomic E-state index is -0.822. The zero-order chi connectivity index (χ0) is 18.6. The Morgan fingerprint density at radius 2 is 1.88 bits per heavy atom. The van der Waals surface area contributed by atoms with E-state index < -0.39 is 17.5 Å². The number of benzene rings is 1. The first kappa shape index (κ1) is 17.9. The van der Waals surface area contributed by atoms with E-state index in [0.29, 0.717) is 25.2 Å². The summed E-state index contributed by atoms with van der Waals surface area (Å²) >= 11 is 0. The van der Waals surface area contributed by atoms with Crippen molar-refractivity contribution in [1.82, 2.24) is 10.2 Å². The minimum Gasteiger partial charge on any atom is -0.323 e. The molecule has 1 aromatic carbocycles. The highest BCUT2D eigenvalue weighted by molar-refractivity contribution is 6.07. The standard InChI is InChI=1S/C20H22N4O2/c21-12-4-5-15(13-22)14-24-18(25)20(23-19(24)26)10-8-17(9-11-20)16-6-2-1-3-7-16/h1-3,6-7,15,17H,4-5,8-11,14H2,(H,23,26)/t15-,17?,20?/m0/s1. The molecule has 1 aliphatic carbocycles. The number of carbonyl (C=O) groups excluding carboxylic acids is 2. The van der Waals surface area contributed by atoms with Crippen molar-refractivity contribution < 1.29 is 9.59 Å². The predicted molar refractivity (Wildman–Crippen MR) is 94.6 cm³/mol.